The van der Waals surface area contributed by atoms with E-state index in [1.165, 1.54) is 0 Å². The maximum absolute atomic E-state index is 13.3. The number of aliphatic hydroxyl groups excluding tert-OH is 2. The fourth-order valence-electron chi connectivity index (χ4n) is 7.26. The molecule has 3 saturated carbocycles. The lowest BCUT2D eigenvalue weighted by Gasteiger charge is -2.45. The Morgan fingerprint density at radius 2 is 1.66 bits per heavy atom. The molecule has 0 unspecified atom stereocenters. The summed E-state index contributed by atoms with van der Waals surface area (Å²) in [7, 11) is 0. The molecule has 4 nitrogen and oxygen atoms in total. The number of rotatable bonds is 7. The first-order valence-corrected chi connectivity index (χ1v) is 14.1. The maximum atomic E-state index is 13.3. The van der Waals surface area contributed by atoms with E-state index < -0.39 is 73.6 Å². The Balaban J connectivity index is 1.94. The number of allylic oxidation sites excluding steroid dienone is 3. The van der Waals surface area contributed by atoms with Crippen LogP contribution in [0.3, 0.4) is 0 Å². The molecule has 0 radical (unpaired) electrons. The van der Waals surface area contributed by atoms with Crippen molar-refractivity contribution in [3.63, 3.8) is 0 Å². The molecule has 0 aromatic heterocycles. The molecule has 0 amide bonds. The molecule has 3 aliphatic rings. The monoisotopic (exact) mass is 600 g/mol. The molecule has 3 fully saturated rings. The lowest BCUT2D eigenvalue weighted by Crippen LogP contribution is -2.55. The second-order valence-electron chi connectivity index (χ2n) is 12.3. The molecule has 3 aliphatic carbocycles. The summed E-state index contributed by atoms with van der Waals surface area (Å²) in [5.74, 6) is 1.92. The van der Waals surface area contributed by atoms with Crippen LogP contribution in [0.1, 0.15) is 106 Å². The predicted molar refractivity (Wildman–Crippen MR) is 143 cm³/mol. The molecule has 0 heterocycles. The van der Waals surface area contributed by atoms with Crippen LogP contribution in [0.15, 0.2) is 23.3 Å². The first-order chi connectivity index (χ1) is 21.3. The average Bonchev–Trinajstić information content (AvgIpc) is 3.25. The molecular formula is C31H44F6O4. The summed E-state index contributed by atoms with van der Waals surface area (Å²) in [5, 5.41) is 40.4. The molecule has 234 valence electrons. The van der Waals surface area contributed by atoms with Crippen molar-refractivity contribution in [1.29, 1.82) is 0 Å². The summed E-state index contributed by atoms with van der Waals surface area (Å²) in [6, 6.07) is 0. The van der Waals surface area contributed by atoms with Crippen molar-refractivity contribution in [1.82, 2.24) is 0 Å². The van der Waals surface area contributed by atoms with Gasteiger partial charge in [-0.25, -0.2) is 0 Å². The van der Waals surface area contributed by atoms with Gasteiger partial charge in [0.15, 0.2) is 0 Å². The zero-order valence-corrected chi connectivity index (χ0v) is 23.1. The van der Waals surface area contributed by atoms with Crippen LogP contribution in [0.2, 0.25) is 0 Å². The highest BCUT2D eigenvalue weighted by molar-refractivity contribution is 5.27. The third kappa shape index (κ3) is 8.10. The van der Waals surface area contributed by atoms with Gasteiger partial charge in [-0.3, -0.25) is 0 Å². The van der Waals surface area contributed by atoms with E-state index >= 15 is 0 Å². The van der Waals surface area contributed by atoms with Crippen molar-refractivity contribution < 1.29 is 55.0 Å². The van der Waals surface area contributed by atoms with E-state index in [-0.39, 0.29) is 24.7 Å². The van der Waals surface area contributed by atoms with E-state index in [1.807, 2.05) is 25.0 Å². The van der Waals surface area contributed by atoms with Crippen LogP contribution in [0, 0.1) is 35.0 Å². The third-order valence-corrected chi connectivity index (χ3v) is 9.25. The van der Waals surface area contributed by atoms with Gasteiger partial charge in [-0.1, -0.05) is 42.6 Å². The SMILES string of the molecule is [2H]C([2H])([2H])C(O)(CCC[C@@H](CC#CC(O)(C(F)(F)F)C(F)(F)F)[C@H]1CC[C@H]2/C(=C/C=C3C[C@H](O)C[C@@H](O)C3)CCC[C@]12C)C([2H])([2H])[2H]. The Morgan fingerprint density at radius 3 is 2.24 bits per heavy atom. The van der Waals surface area contributed by atoms with Crippen molar-refractivity contribution in [2.24, 2.45) is 23.2 Å². The van der Waals surface area contributed by atoms with Crippen molar-refractivity contribution in [3.8, 4) is 11.8 Å². The van der Waals surface area contributed by atoms with E-state index in [4.69, 9.17) is 8.22 Å². The fourth-order valence-corrected chi connectivity index (χ4v) is 7.26. The number of fused-ring (bicyclic) bond motifs is 1. The van der Waals surface area contributed by atoms with Gasteiger partial charge >= 0.3 is 18.0 Å². The number of hydrogen-bond acceptors (Lipinski definition) is 4. The van der Waals surface area contributed by atoms with E-state index in [0.29, 0.717) is 38.5 Å². The molecule has 3 rings (SSSR count). The summed E-state index contributed by atoms with van der Waals surface area (Å²) < 4.78 is 126. The second kappa shape index (κ2) is 12.6. The van der Waals surface area contributed by atoms with Gasteiger partial charge in [-0.2, -0.15) is 26.3 Å². The highest BCUT2D eigenvalue weighted by Gasteiger charge is 2.70. The van der Waals surface area contributed by atoms with E-state index in [9.17, 15) is 46.8 Å². The van der Waals surface area contributed by atoms with E-state index in [0.717, 1.165) is 29.9 Å². The Hall–Kier alpha value is -1.54. The quantitative estimate of drug-likeness (QED) is 0.192. The fraction of sp³-hybridized carbons (Fsp3) is 0.806. The summed E-state index contributed by atoms with van der Waals surface area (Å²) in [4.78, 5) is 0. The van der Waals surface area contributed by atoms with E-state index in [1.54, 1.807) is 0 Å². The lowest BCUT2D eigenvalue weighted by atomic mass is 9.60. The zero-order valence-electron chi connectivity index (χ0n) is 29.1. The topological polar surface area (TPSA) is 80.9 Å². The molecule has 6 atom stereocenters. The Bertz CT molecular complexity index is 1190. The predicted octanol–water partition coefficient (Wildman–Crippen LogP) is 6.77. The zero-order chi connectivity index (χ0) is 35.9. The van der Waals surface area contributed by atoms with Crippen LogP contribution in [0.5, 0.6) is 0 Å². The standard InChI is InChI=1S/C31H44F6O4/c1-27(2,40)14-4-7-21(9-6-16-29(41,30(32,33)34)31(35,36)37)25-12-13-26-22(8-5-15-28(25,26)3)11-10-20-17-23(38)19-24(39)18-20/h10-11,21,23-26,38-41H,4-5,7-9,12-15,17-19H2,1-3H3/b22-11+/t21-,23-,24-,25+,26-,28+/m0/s1/i1D3,2D3. The van der Waals surface area contributed by atoms with Gasteiger partial charge < -0.3 is 20.4 Å². The van der Waals surface area contributed by atoms with Crippen molar-refractivity contribution in [2.45, 2.75) is 133 Å². The molecule has 41 heavy (non-hydrogen) atoms. The highest BCUT2D eigenvalue weighted by Crippen LogP contribution is 2.60. The maximum Gasteiger partial charge on any atom is 0.438 e. The molecule has 0 aromatic rings. The molecule has 0 saturated heterocycles. The van der Waals surface area contributed by atoms with Crippen LogP contribution in [0.25, 0.3) is 0 Å². The number of aliphatic hydroxyl groups is 4. The summed E-state index contributed by atoms with van der Waals surface area (Å²) in [6.07, 6.45) is -6.71. The largest absolute Gasteiger partial charge is 0.438 e. The molecule has 10 heteroatoms. The smallest absolute Gasteiger partial charge is 0.393 e. The molecule has 0 spiro atoms. The van der Waals surface area contributed by atoms with Crippen LogP contribution >= 0.6 is 0 Å². The molecule has 0 aliphatic heterocycles. The van der Waals surface area contributed by atoms with Crippen LogP contribution < -0.4 is 0 Å². The first-order valence-electron chi connectivity index (χ1n) is 17.1. The minimum atomic E-state index is -6.13. The molecular weight excluding hydrogens is 550 g/mol. The van der Waals surface area contributed by atoms with E-state index in [2.05, 4.69) is 0 Å². The van der Waals surface area contributed by atoms with Gasteiger partial charge in [0.1, 0.15) is 0 Å². The van der Waals surface area contributed by atoms with Gasteiger partial charge in [0.2, 0.25) is 0 Å². The van der Waals surface area contributed by atoms with Gasteiger partial charge in [0.25, 0.3) is 0 Å². The summed E-state index contributed by atoms with van der Waals surface area (Å²) >= 11 is 0. The number of alkyl halides is 6. The molecule has 0 bridgehead atoms. The third-order valence-electron chi connectivity index (χ3n) is 9.25. The minimum Gasteiger partial charge on any atom is -0.393 e. The van der Waals surface area contributed by atoms with Crippen LogP contribution in [-0.2, 0) is 0 Å². The summed E-state index contributed by atoms with van der Waals surface area (Å²) in [5.41, 5.74) is -6.84. The number of halogens is 6. The van der Waals surface area contributed by atoms with Gasteiger partial charge in [-0.15, -0.1) is 0 Å². The first kappa shape index (κ1) is 25.9. The van der Waals surface area contributed by atoms with Crippen molar-refractivity contribution >= 4 is 0 Å². The number of hydrogen-bond donors (Lipinski definition) is 4. The highest BCUT2D eigenvalue weighted by atomic mass is 19.4. The van der Waals surface area contributed by atoms with Crippen LogP contribution in [0.4, 0.5) is 26.3 Å². The second-order valence-corrected chi connectivity index (χ2v) is 12.3. The Morgan fingerprint density at radius 1 is 1.02 bits per heavy atom. The average molecular weight is 601 g/mol. The normalized spacial score (nSPS) is 34.2. The minimum absolute atomic E-state index is 0.00374. The van der Waals surface area contributed by atoms with Crippen molar-refractivity contribution in [3.05, 3.63) is 23.3 Å². The van der Waals surface area contributed by atoms with Crippen molar-refractivity contribution in [2.75, 3.05) is 0 Å². The van der Waals surface area contributed by atoms with Gasteiger partial charge in [0, 0.05) is 14.6 Å². The van der Waals surface area contributed by atoms with Gasteiger partial charge in [-0.05, 0) is 107 Å². The van der Waals surface area contributed by atoms with Crippen LogP contribution in [-0.4, -0.2) is 56.2 Å². The Kier molecular flexibility index (Phi) is 7.96. The van der Waals surface area contributed by atoms with Gasteiger partial charge in [0.05, 0.1) is 17.8 Å². The molecule has 0 aromatic carbocycles. The Labute approximate surface area is 247 Å². The lowest BCUT2D eigenvalue weighted by molar-refractivity contribution is -0.343. The molecule has 4 N–H and O–H groups in total. The summed E-state index contributed by atoms with van der Waals surface area (Å²) in [6.45, 7) is -4.60.